The minimum Gasteiger partial charge on any atom is -0.467 e. The lowest BCUT2D eigenvalue weighted by Gasteiger charge is -2.12. The zero-order valence-electron chi connectivity index (χ0n) is 14.3. The quantitative estimate of drug-likeness (QED) is 0.669. The zero-order chi connectivity index (χ0) is 18.5. The number of carbonyl (C=O) groups excluding carboxylic acids is 2. The predicted molar refractivity (Wildman–Crippen MR) is 97.1 cm³/mol. The summed E-state index contributed by atoms with van der Waals surface area (Å²) >= 11 is 0. The Labute approximate surface area is 151 Å². The van der Waals surface area contributed by atoms with Crippen molar-refractivity contribution in [3.05, 3.63) is 94.9 Å². The van der Waals surface area contributed by atoms with Gasteiger partial charge in [-0.3, -0.25) is 9.59 Å². The molecule has 1 unspecified atom stereocenters. The summed E-state index contributed by atoms with van der Waals surface area (Å²) in [6, 6.07) is 17.1. The second kappa shape index (κ2) is 7.80. The minimum atomic E-state index is -0.950. The van der Waals surface area contributed by atoms with Crippen LogP contribution in [0, 0.1) is 6.92 Å². The molecule has 26 heavy (non-hydrogen) atoms. The maximum absolute atomic E-state index is 12.8. The average molecular weight is 349 g/mol. The Morgan fingerprint density at radius 3 is 2.35 bits per heavy atom. The maximum atomic E-state index is 12.8. The largest absolute Gasteiger partial charge is 0.467 e. The smallest absolute Gasteiger partial charge is 0.252 e. The number of aliphatic hydroxyl groups is 1. The summed E-state index contributed by atoms with van der Waals surface area (Å²) in [5, 5.41) is 12.7. The van der Waals surface area contributed by atoms with Crippen molar-refractivity contribution in [2.45, 2.75) is 13.0 Å². The van der Waals surface area contributed by atoms with E-state index in [1.807, 2.05) is 19.1 Å². The molecule has 1 heterocycles. The molecule has 2 aromatic carbocycles. The van der Waals surface area contributed by atoms with Crippen LogP contribution in [0.1, 0.15) is 43.7 Å². The van der Waals surface area contributed by atoms with Crippen molar-refractivity contribution in [1.29, 1.82) is 0 Å². The second-order valence-electron chi connectivity index (χ2n) is 5.98. The van der Waals surface area contributed by atoms with Crippen LogP contribution in [0.2, 0.25) is 0 Å². The first kappa shape index (κ1) is 17.6. The summed E-state index contributed by atoms with van der Waals surface area (Å²) in [4.78, 5) is 25.3. The van der Waals surface area contributed by atoms with Crippen molar-refractivity contribution in [1.82, 2.24) is 5.32 Å². The Morgan fingerprint density at radius 2 is 1.69 bits per heavy atom. The summed E-state index contributed by atoms with van der Waals surface area (Å²) in [7, 11) is 0. The van der Waals surface area contributed by atoms with E-state index in [9.17, 15) is 14.7 Å². The molecule has 1 aromatic heterocycles. The van der Waals surface area contributed by atoms with E-state index in [-0.39, 0.29) is 17.9 Å². The van der Waals surface area contributed by atoms with Gasteiger partial charge in [0.2, 0.25) is 0 Å². The van der Waals surface area contributed by atoms with Gasteiger partial charge in [-0.05, 0) is 25.1 Å². The first-order chi connectivity index (χ1) is 12.6. The molecule has 0 spiro atoms. The van der Waals surface area contributed by atoms with Crippen LogP contribution in [0.4, 0.5) is 0 Å². The third kappa shape index (κ3) is 3.90. The number of carbonyl (C=O) groups is 2. The molecule has 3 rings (SSSR count). The van der Waals surface area contributed by atoms with E-state index in [1.165, 1.54) is 6.26 Å². The molecule has 2 N–H and O–H groups in total. The van der Waals surface area contributed by atoms with Crippen LogP contribution < -0.4 is 5.32 Å². The predicted octanol–water partition coefficient (Wildman–Crippen LogP) is 3.28. The molecule has 0 aliphatic carbocycles. The topological polar surface area (TPSA) is 79.5 Å². The Bertz CT molecular complexity index is 898. The molecule has 0 saturated heterocycles. The van der Waals surface area contributed by atoms with E-state index in [0.29, 0.717) is 16.9 Å². The summed E-state index contributed by atoms with van der Waals surface area (Å²) in [5.41, 5.74) is 2.16. The minimum absolute atomic E-state index is 0.0145. The van der Waals surface area contributed by atoms with Gasteiger partial charge < -0.3 is 14.8 Å². The molecule has 0 saturated carbocycles. The van der Waals surface area contributed by atoms with Crippen molar-refractivity contribution < 1.29 is 19.1 Å². The van der Waals surface area contributed by atoms with Crippen LogP contribution in [-0.4, -0.2) is 23.3 Å². The fraction of sp³-hybridized carbons (Fsp3) is 0.143. The Kier molecular flexibility index (Phi) is 5.29. The van der Waals surface area contributed by atoms with Gasteiger partial charge in [0.25, 0.3) is 5.91 Å². The van der Waals surface area contributed by atoms with Gasteiger partial charge in [-0.15, -0.1) is 0 Å². The fourth-order valence-electron chi connectivity index (χ4n) is 2.61. The van der Waals surface area contributed by atoms with Gasteiger partial charge in [0.1, 0.15) is 11.9 Å². The lowest BCUT2D eigenvalue weighted by molar-refractivity contribution is 0.0894. The number of rotatable bonds is 6. The lowest BCUT2D eigenvalue weighted by Crippen LogP contribution is -2.29. The van der Waals surface area contributed by atoms with Gasteiger partial charge in [0.05, 0.1) is 18.4 Å². The van der Waals surface area contributed by atoms with Crippen LogP contribution in [0.3, 0.4) is 0 Å². The molecule has 0 fully saturated rings. The second-order valence-corrected chi connectivity index (χ2v) is 5.98. The number of amides is 1. The molecule has 0 bridgehead atoms. The van der Waals surface area contributed by atoms with Gasteiger partial charge in [-0.25, -0.2) is 0 Å². The van der Waals surface area contributed by atoms with Gasteiger partial charge >= 0.3 is 0 Å². The zero-order valence-corrected chi connectivity index (χ0v) is 14.3. The van der Waals surface area contributed by atoms with Crippen molar-refractivity contribution in [3.8, 4) is 0 Å². The molecule has 1 amide bonds. The normalized spacial score (nSPS) is 11.8. The third-order valence-corrected chi connectivity index (χ3v) is 4.06. The fourth-order valence-corrected chi connectivity index (χ4v) is 2.61. The van der Waals surface area contributed by atoms with E-state index in [1.54, 1.807) is 48.5 Å². The van der Waals surface area contributed by atoms with Crippen molar-refractivity contribution in [2.75, 3.05) is 6.54 Å². The van der Waals surface area contributed by atoms with E-state index >= 15 is 0 Å². The Balaban J connectivity index is 1.77. The summed E-state index contributed by atoms with van der Waals surface area (Å²) in [6.45, 7) is 1.93. The first-order valence-electron chi connectivity index (χ1n) is 8.26. The number of hydrogen-bond acceptors (Lipinski definition) is 4. The molecule has 0 aliphatic rings. The Morgan fingerprint density at radius 1 is 1.00 bits per heavy atom. The number of hydrogen-bond donors (Lipinski definition) is 2. The lowest BCUT2D eigenvalue weighted by atomic mass is 9.97. The van der Waals surface area contributed by atoms with Crippen molar-refractivity contribution in [3.63, 3.8) is 0 Å². The number of aryl methyl sites for hydroxylation is 1. The molecular weight excluding hydrogens is 330 g/mol. The van der Waals surface area contributed by atoms with E-state index in [0.717, 1.165) is 5.56 Å². The molecule has 1 atom stereocenters. The van der Waals surface area contributed by atoms with Gasteiger partial charge in [-0.2, -0.15) is 0 Å². The highest BCUT2D eigenvalue weighted by molar-refractivity contribution is 6.15. The van der Waals surface area contributed by atoms with Crippen LogP contribution in [0.25, 0.3) is 0 Å². The van der Waals surface area contributed by atoms with Crippen molar-refractivity contribution >= 4 is 11.7 Å². The molecule has 0 radical (unpaired) electrons. The van der Waals surface area contributed by atoms with Gasteiger partial charge in [0.15, 0.2) is 5.78 Å². The van der Waals surface area contributed by atoms with E-state index in [2.05, 4.69) is 5.32 Å². The summed E-state index contributed by atoms with van der Waals surface area (Å²) in [6.07, 6.45) is 0.504. The highest BCUT2D eigenvalue weighted by Crippen LogP contribution is 2.16. The number of aliphatic hydroxyl groups excluding tert-OH is 1. The number of furan rings is 1. The molecule has 3 aromatic rings. The van der Waals surface area contributed by atoms with Crippen LogP contribution in [-0.2, 0) is 0 Å². The SMILES string of the molecule is Cc1ccc(C(=O)c2ccccc2C(=O)NCC(O)c2ccco2)cc1. The highest BCUT2D eigenvalue weighted by atomic mass is 16.4. The molecular formula is C21H19NO4. The Hall–Kier alpha value is -3.18. The number of benzene rings is 2. The van der Waals surface area contributed by atoms with Crippen LogP contribution in [0.5, 0.6) is 0 Å². The molecule has 0 aliphatic heterocycles. The summed E-state index contributed by atoms with van der Waals surface area (Å²) < 4.78 is 5.11. The maximum Gasteiger partial charge on any atom is 0.252 e. The van der Waals surface area contributed by atoms with Gasteiger partial charge in [-0.1, -0.05) is 48.0 Å². The number of nitrogens with one attached hydrogen (secondary N) is 1. The van der Waals surface area contributed by atoms with Crippen LogP contribution in [0.15, 0.2) is 71.3 Å². The molecule has 5 nitrogen and oxygen atoms in total. The molecule has 5 heteroatoms. The first-order valence-corrected chi connectivity index (χ1v) is 8.26. The van der Waals surface area contributed by atoms with E-state index < -0.39 is 12.0 Å². The van der Waals surface area contributed by atoms with Crippen LogP contribution >= 0.6 is 0 Å². The van der Waals surface area contributed by atoms with E-state index in [4.69, 9.17) is 4.42 Å². The standard InChI is InChI=1S/C21H19NO4/c1-14-8-10-15(11-9-14)20(24)16-5-2-3-6-17(16)21(25)22-13-18(23)19-7-4-12-26-19/h2-12,18,23H,13H2,1H3,(H,22,25). The average Bonchev–Trinajstić information content (AvgIpc) is 3.21. The highest BCUT2D eigenvalue weighted by Gasteiger charge is 2.19. The summed E-state index contributed by atoms with van der Waals surface area (Å²) in [5.74, 6) is -0.275. The number of ketones is 1. The van der Waals surface area contributed by atoms with Crippen molar-refractivity contribution in [2.24, 2.45) is 0 Å². The monoisotopic (exact) mass is 349 g/mol. The van der Waals surface area contributed by atoms with Gasteiger partial charge in [0, 0.05) is 11.1 Å². The third-order valence-electron chi connectivity index (χ3n) is 4.06. The molecule has 132 valence electrons.